The Morgan fingerprint density at radius 2 is 2.19 bits per heavy atom. The predicted molar refractivity (Wildman–Crippen MR) is 88.3 cm³/mol. The predicted octanol–water partition coefficient (Wildman–Crippen LogP) is 3.06. The molecule has 1 atom stereocenters. The van der Waals surface area contributed by atoms with Crippen LogP contribution >= 0.6 is 0 Å². The second kappa shape index (κ2) is 7.01. The van der Waals surface area contributed by atoms with Crippen LogP contribution in [0.1, 0.15) is 25.3 Å². The molecule has 1 unspecified atom stereocenters. The maximum atomic E-state index is 4.46. The van der Waals surface area contributed by atoms with Gasteiger partial charge in [0.25, 0.3) is 0 Å². The van der Waals surface area contributed by atoms with Crippen molar-refractivity contribution in [2.45, 2.75) is 26.3 Å². The van der Waals surface area contributed by atoms with Crippen molar-refractivity contribution >= 4 is 10.9 Å². The molecule has 1 aliphatic rings. The van der Waals surface area contributed by atoms with Crippen LogP contribution in [0.15, 0.2) is 36.5 Å². The molecule has 1 fully saturated rings. The first kappa shape index (κ1) is 14.5. The molecule has 0 amide bonds. The minimum atomic E-state index is 0.798. The fraction of sp³-hybridized carbons (Fsp3) is 0.500. The van der Waals surface area contributed by atoms with Gasteiger partial charge in [0.05, 0.1) is 5.52 Å². The van der Waals surface area contributed by atoms with E-state index in [2.05, 4.69) is 52.5 Å². The molecular weight excluding hydrogens is 258 g/mol. The molecule has 0 saturated carbocycles. The number of hydrogen-bond donors (Lipinski definition) is 1. The third-order valence-electron chi connectivity index (χ3n) is 4.50. The van der Waals surface area contributed by atoms with E-state index < -0.39 is 0 Å². The standard InChI is InChI=1S/C18H25N3/c1-2-21(13-15-6-5-10-19-12-15)14-16-9-11-20-18-8-4-3-7-17(16)18/h3-4,7-9,11,15,19H,2,5-6,10,12-14H2,1H3. The Hall–Kier alpha value is -1.45. The number of aromatic nitrogens is 1. The van der Waals surface area contributed by atoms with Crippen LogP contribution in [0.2, 0.25) is 0 Å². The fourth-order valence-corrected chi connectivity index (χ4v) is 3.28. The summed E-state index contributed by atoms with van der Waals surface area (Å²) >= 11 is 0. The molecule has 3 heteroatoms. The third-order valence-corrected chi connectivity index (χ3v) is 4.50. The van der Waals surface area contributed by atoms with Crippen LogP contribution in [0.3, 0.4) is 0 Å². The second-order valence-electron chi connectivity index (χ2n) is 6.03. The van der Waals surface area contributed by atoms with Gasteiger partial charge in [0.1, 0.15) is 0 Å². The normalized spacial score (nSPS) is 19.2. The lowest BCUT2D eigenvalue weighted by atomic mass is 9.98. The Kier molecular flexibility index (Phi) is 4.84. The van der Waals surface area contributed by atoms with Gasteiger partial charge in [-0.25, -0.2) is 0 Å². The van der Waals surface area contributed by atoms with Gasteiger partial charge in [0, 0.05) is 24.7 Å². The van der Waals surface area contributed by atoms with Crippen molar-refractivity contribution in [1.29, 1.82) is 0 Å². The summed E-state index contributed by atoms with van der Waals surface area (Å²) in [5.74, 6) is 0.798. The lowest BCUT2D eigenvalue weighted by Gasteiger charge is -2.29. The first-order valence-electron chi connectivity index (χ1n) is 8.12. The van der Waals surface area contributed by atoms with E-state index >= 15 is 0 Å². The largest absolute Gasteiger partial charge is 0.316 e. The molecule has 2 aromatic rings. The molecular formula is C18H25N3. The maximum absolute atomic E-state index is 4.46. The van der Waals surface area contributed by atoms with Crippen molar-refractivity contribution in [3.63, 3.8) is 0 Å². The van der Waals surface area contributed by atoms with Crippen LogP contribution in [0, 0.1) is 5.92 Å². The summed E-state index contributed by atoms with van der Waals surface area (Å²) in [5, 5.41) is 4.81. The number of nitrogens with zero attached hydrogens (tertiary/aromatic N) is 2. The Morgan fingerprint density at radius 3 is 3.00 bits per heavy atom. The zero-order valence-electron chi connectivity index (χ0n) is 12.9. The van der Waals surface area contributed by atoms with E-state index in [0.717, 1.165) is 24.5 Å². The van der Waals surface area contributed by atoms with E-state index in [0.29, 0.717) is 0 Å². The molecule has 0 radical (unpaired) electrons. The molecule has 3 rings (SSSR count). The maximum Gasteiger partial charge on any atom is 0.0705 e. The average Bonchev–Trinajstić information content (AvgIpc) is 2.55. The average molecular weight is 283 g/mol. The number of hydrogen-bond acceptors (Lipinski definition) is 3. The zero-order chi connectivity index (χ0) is 14.5. The van der Waals surface area contributed by atoms with E-state index in [4.69, 9.17) is 0 Å². The monoisotopic (exact) mass is 283 g/mol. The van der Waals surface area contributed by atoms with Crippen molar-refractivity contribution in [3.05, 3.63) is 42.1 Å². The molecule has 1 aromatic heterocycles. The van der Waals surface area contributed by atoms with E-state index in [-0.39, 0.29) is 0 Å². The summed E-state index contributed by atoms with van der Waals surface area (Å²) in [5.41, 5.74) is 2.50. The lowest BCUT2D eigenvalue weighted by molar-refractivity contribution is 0.210. The first-order valence-corrected chi connectivity index (χ1v) is 8.12. The summed E-state index contributed by atoms with van der Waals surface area (Å²) in [6.07, 6.45) is 4.62. The van der Waals surface area contributed by atoms with Gasteiger partial charge in [0.15, 0.2) is 0 Å². The molecule has 1 aromatic carbocycles. The van der Waals surface area contributed by atoms with Crippen molar-refractivity contribution in [2.24, 2.45) is 5.92 Å². The number of fused-ring (bicyclic) bond motifs is 1. The molecule has 0 spiro atoms. The number of benzene rings is 1. The highest BCUT2D eigenvalue weighted by atomic mass is 15.1. The fourth-order valence-electron chi connectivity index (χ4n) is 3.28. The summed E-state index contributed by atoms with van der Waals surface area (Å²) in [6.45, 7) is 7.95. The molecule has 1 aliphatic heterocycles. The first-order chi connectivity index (χ1) is 10.4. The minimum absolute atomic E-state index is 0.798. The minimum Gasteiger partial charge on any atom is -0.316 e. The molecule has 1 saturated heterocycles. The molecule has 112 valence electrons. The van der Waals surface area contributed by atoms with Gasteiger partial charge in [-0.05, 0) is 56.1 Å². The molecule has 2 heterocycles. The molecule has 21 heavy (non-hydrogen) atoms. The van der Waals surface area contributed by atoms with Gasteiger partial charge < -0.3 is 5.32 Å². The van der Waals surface area contributed by atoms with Gasteiger partial charge in [-0.3, -0.25) is 9.88 Å². The third kappa shape index (κ3) is 3.60. The molecule has 0 bridgehead atoms. The smallest absolute Gasteiger partial charge is 0.0705 e. The number of para-hydroxylation sites is 1. The summed E-state index contributed by atoms with van der Waals surface area (Å²) < 4.78 is 0. The van der Waals surface area contributed by atoms with Gasteiger partial charge in [-0.15, -0.1) is 0 Å². The van der Waals surface area contributed by atoms with Crippen LogP contribution in [0.25, 0.3) is 10.9 Å². The Bertz CT molecular complexity index is 570. The Balaban J connectivity index is 1.72. The van der Waals surface area contributed by atoms with Crippen molar-refractivity contribution in [1.82, 2.24) is 15.2 Å². The second-order valence-corrected chi connectivity index (χ2v) is 6.03. The van der Waals surface area contributed by atoms with Crippen LogP contribution in [-0.4, -0.2) is 36.1 Å². The van der Waals surface area contributed by atoms with Gasteiger partial charge >= 0.3 is 0 Å². The van der Waals surface area contributed by atoms with Crippen molar-refractivity contribution in [3.8, 4) is 0 Å². The Labute approximate surface area is 127 Å². The number of rotatable bonds is 5. The van der Waals surface area contributed by atoms with Crippen LogP contribution < -0.4 is 5.32 Å². The van der Waals surface area contributed by atoms with E-state index in [1.165, 1.54) is 43.4 Å². The van der Waals surface area contributed by atoms with Crippen LogP contribution in [0.4, 0.5) is 0 Å². The number of piperidine rings is 1. The Morgan fingerprint density at radius 1 is 1.29 bits per heavy atom. The van der Waals surface area contributed by atoms with Crippen LogP contribution in [0.5, 0.6) is 0 Å². The van der Waals surface area contributed by atoms with Gasteiger partial charge in [0.2, 0.25) is 0 Å². The lowest BCUT2D eigenvalue weighted by Crippen LogP contribution is -2.38. The van der Waals surface area contributed by atoms with Crippen molar-refractivity contribution < 1.29 is 0 Å². The summed E-state index contributed by atoms with van der Waals surface area (Å²) in [6, 6.07) is 10.6. The van der Waals surface area contributed by atoms with Crippen LogP contribution in [-0.2, 0) is 6.54 Å². The molecule has 1 N–H and O–H groups in total. The molecule has 0 aliphatic carbocycles. The zero-order valence-corrected chi connectivity index (χ0v) is 12.9. The number of pyridine rings is 1. The van der Waals surface area contributed by atoms with E-state index in [1.807, 2.05) is 6.20 Å². The quantitative estimate of drug-likeness (QED) is 0.914. The molecule has 3 nitrogen and oxygen atoms in total. The van der Waals surface area contributed by atoms with E-state index in [1.54, 1.807) is 0 Å². The van der Waals surface area contributed by atoms with E-state index in [9.17, 15) is 0 Å². The highest BCUT2D eigenvalue weighted by molar-refractivity contribution is 5.81. The topological polar surface area (TPSA) is 28.2 Å². The highest BCUT2D eigenvalue weighted by Crippen LogP contribution is 2.19. The van der Waals surface area contributed by atoms with Gasteiger partial charge in [-0.2, -0.15) is 0 Å². The summed E-state index contributed by atoms with van der Waals surface area (Å²) in [7, 11) is 0. The summed E-state index contributed by atoms with van der Waals surface area (Å²) in [4.78, 5) is 7.03. The number of nitrogens with one attached hydrogen (secondary N) is 1. The van der Waals surface area contributed by atoms with Gasteiger partial charge in [-0.1, -0.05) is 25.1 Å². The van der Waals surface area contributed by atoms with Crippen molar-refractivity contribution in [2.75, 3.05) is 26.2 Å². The highest BCUT2D eigenvalue weighted by Gasteiger charge is 2.16. The SMILES string of the molecule is CCN(Cc1ccnc2ccccc12)CC1CCCNC1.